The first-order valence-corrected chi connectivity index (χ1v) is 9.44. The van der Waals surface area contributed by atoms with Gasteiger partial charge in [0.1, 0.15) is 11.3 Å². The third-order valence-corrected chi connectivity index (χ3v) is 5.53. The van der Waals surface area contributed by atoms with Gasteiger partial charge in [0.05, 0.1) is 12.1 Å². The van der Waals surface area contributed by atoms with Gasteiger partial charge in [0.2, 0.25) is 12.2 Å². The SMILES string of the molecule is CCC1O[C@@H](Oc2ccc3c(C)cc(=O)oc3c2)C(NC(C)=O)C(C)[C@@H]1C. The Morgan fingerprint density at radius 2 is 1.96 bits per heavy atom. The van der Waals surface area contributed by atoms with Crippen LogP contribution in [0.1, 0.15) is 39.7 Å². The van der Waals surface area contributed by atoms with Gasteiger partial charge in [-0.2, -0.15) is 0 Å². The van der Waals surface area contributed by atoms with Crippen molar-refractivity contribution in [2.75, 3.05) is 0 Å². The predicted octanol–water partition coefficient (Wildman–Crippen LogP) is 3.39. The van der Waals surface area contributed by atoms with Crippen LogP contribution in [0, 0.1) is 18.8 Å². The van der Waals surface area contributed by atoms with Crippen LogP contribution in [-0.2, 0) is 9.53 Å². The molecule has 0 saturated carbocycles. The van der Waals surface area contributed by atoms with Crippen LogP contribution in [-0.4, -0.2) is 24.3 Å². The van der Waals surface area contributed by atoms with Crippen LogP contribution in [0.25, 0.3) is 11.0 Å². The van der Waals surface area contributed by atoms with E-state index in [-0.39, 0.29) is 24.0 Å². The van der Waals surface area contributed by atoms with Crippen molar-refractivity contribution in [2.24, 2.45) is 11.8 Å². The molecule has 1 aliphatic rings. The van der Waals surface area contributed by atoms with Gasteiger partial charge in [0.25, 0.3) is 0 Å². The highest BCUT2D eigenvalue weighted by Gasteiger charge is 2.42. The third-order valence-electron chi connectivity index (χ3n) is 5.53. The first-order valence-electron chi connectivity index (χ1n) is 9.44. The van der Waals surface area contributed by atoms with Gasteiger partial charge in [-0.25, -0.2) is 4.79 Å². The number of hydrogen-bond acceptors (Lipinski definition) is 5. The smallest absolute Gasteiger partial charge is 0.336 e. The summed E-state index contributed by atoms with van der Waals surface area (Å²) in [5.41, 5.74) is 0.930. The summed E-state index contributed by atoms with van der Waals surface area (Å²) in [6.45, 7) is 9.68. The van der Waals surface area contributed by atoms with Gasteiger partial charge in [-0.1, -0.05) is 20.8 Å². The van der Waals surface area contributed by atoms with Crippen molar-refractivity contribution >= 4 is 16.9 Å². The van der Waals surface area contributed by atoms with Gasteiger partial charge in [0, 0.05) is 24.4 Å². The number of ether oxygens (including phenoxy) is 2. The Balaban J connectivity index is 1.91. The number of benzene rings is 1. The van der Waals surface area contributed by atoms with Crippen molar-refractivity contribution in [3.63, 3.8) is 0 Å². The number of rotatable bonds is 4. The average Bonchev–Trinajstić information content (AvgIpc) is 2.60. The molecule has 1 aromatic carbocycles. The van der Waals surface area contributed by atoms with Crippen molar-refractivity contribution in [1.82, 2.24) is 5.32 Å². The number of aryl methyl sites for hydroxylation is 1. The van der Waals surface area contributed by atoms with Gasteiger partial charge < -0.3 is 19.2 Å². The minimum Gasteiger partial charge on any atom is -0.463 e. The van der Waals surface area contributed by atoms with Crippen molar-refractivity contribution in [3.05, 3.63) is 40.2 Å². The number of fused-ring (bicyclic) bond motifs is 1. The second-order valence-electron chi connectivity index (χ2n) is 7.42. The summed E-state index contributed by atoms with van der Waals surface area (Å²) in [7, 11) is 0. The van der Waals surface area contributed by atoms with Gasteiger partial charge in [0.15, 0.2) is 0 Å². The topological polar surface area (TPSA) is 77.8 Å². The molecule has 0 bridgehead atoms. The van der Waals surface area contributed by atoms with Gasteiger partial charge in [-0.15, -0.1) is 0 Å². The summed E-state index contributed by atoms with van der Waals surface area (Å²) in [6, 6.07) is 6.59. The second-order valence-corrected chi connectivity index (χ2v) is 7.42. The molecule has 1 saturated heterocycles. The van der Waals surface area contributed by atoms with Crippen molar-refractivity contribution in [2.45, 2.75) is 59.5 Å². The molecule has 6 heteroatoms. The normalized spacial score (nSPS) is 28.1. The molecule has 27 heavy (non-hydrogen) atoms. The van der Waals surface area contributed by atoms with Crippen LogP contribution in [0.4, 0.5) is 0 Å². The highest BCUT2D eigenvalue weighted by molar-refractivity contribution is 5.81. The molecule has 6 nitrogen and oxygen atoms in total. The fraction of sp³-hybridized carbons (Fsp3) is 0.524. The monoisotopic (exact) mass is 373 g/mol. The molecule has 0 aliphatic carbocycles. The minimum absolute atomic E-state index is 0.0515. The standard InChI is InChI=1S/C21H27NO5/c1-6-17-12(3)13(4)20(22-14(5)23)21(27-17)25-15-7-8-16-11(2)9-19(24)26-18(16)10-15/h7-10,12-13,17,20-21H,6H2,1-5H3,(H,22,23)/t12-,13?,17?,20?,21+/m0/s1. The van der Waals surface area contributed by atoms with E-state index < -0.39 is 11.9 Å². The Kier molecular flexibility index (Phi) is 5.56. The van der Waals surface area contributed by atoms with Crippen molar-refractivity contribution in [3.8, 4) is 5.75 Å². The Bertz CT molecular complexity index is 890. The van der Waals surface area contributed by atoms with Gasteiger partial charge in [-0.3, -0.25) is 4.79 Å². The molecule has 5 atom stereocenters. The number of carbonyl (C=O) groups is 1. The first-order chi connectivity index (χ1) is 12.8. The van der Waals surface area contributed by atoms with Gasteiger partial charge >= 0.3 is 5.63 Å². The summed E-state index contributed by atoms with van der Waals surface area (Å²) < 4.78 is 17.6. The fourth-order valence-corrected chi connectivity index (χ4v) is 3.81. The van der Waals surface area contributed by atoms with Crippen molar-refractivity contribution < 1.29 is 18.7 Å². The first kappa shape index (κ1) is 19.4. The molecular formula is C21H27NO5. The summed E-state index contributed by atoms with van der Waals surface area (Å²) in [4.78, 5) is 23.4. The lowest BCUT2D eigenvalue weighted by atomic mass is 9.81. The van der Waals surface area contributed by atoms with E-state index in [4.69, 9.17) is 13.9 Å². The van der Waals surface area contributed by atoms with Crippen molar-refractivity contribution in [1.29, 1.82) is 0 Å². The van der Waals surface area contributed by atoms with Crippen LogP contribution in [0.2, 0.25) is 0 Å². The summed E-state index contributed by atoms with van der Waals surface area (Å²) in [6.07, 6.45) is 0.305. The highest BCUT2D eigenvalue weighted by atomic mass is 16.7. The molecule has 2 aromatic rings. The lowest BCUT2D eigenvalue weighted by Gasteiger charge is -2.44. The van der Waals surface area contributed by atoms with Crippen LogP contribution in [0.15, 0.2) is 33.5 Å². The van der Waals surface area contributed by atoms with E-state index in [1.807, 2.05) is 19.1 Å². The molecule has 146 valence electrons. The van der Waals surface area contributed by atoms with E-state index in [1.165, 1.54) is 13.0 Å². The molecule has 2 heterocycles. The maximum atomic E-state index is 11.7. The van der Waals surface area contributed by atoms with Gasteiger partial charge in [-0.05, 0) is 42.9 Å². The highest BCUT2D eigenvalue weighted by Crippen LogP contribution is 2.34. The fourth-order valence-electron chi connectivity index (χ4n) is 3.81. The van der Waals surface area contributed by atoms with E-state index in [0.29, 0.717) is 17.3 Å². The summed E-state index contributed by atoms with van der Waals surface area (Å²) in [5.74, 6) is 0.904. The zero-order valence-corrected chi connectivity index (χ0v) is 16.4. The number of hydrogen-bond donors (Lipinski definition) is 1. The number of carbonyl (C=O) groups excluding carboxylic acids is 1. The van der Waals surface area contributed by atoms with E-state index in [1.54, 1.807) is 6.07 Å². The Morgan fingerprint density at radius 3 is 2.63 bits per heavy atom. The maximum Gasteiger partial charge on any atom is 0.336 e. The molecule has 3 unspecified atom stereocenters. The lowest BCUT2D eigenvalue weighted by molar-refractivity contribution is -0.200. The van der Waals surface area contributed by atoms with Crippen LogP contribution < -0.4 is 15.7 Å². The van der Waals surface area contributed by atoms with E-state index >= 15 is 0 Å². The summed E-state index contributed by atoms with van der Waals surface area (Å²) >= 11 is 0. The second kappa shape index (κ2) is 7.72. The molecule has 1 fully saturated rings. The van der Waals surface area contributed by atoms with E-state index in [9.17, 15) is 9.59 Å². The molecule has 0 spiro atoms. The zero-order valence-electron chi connectivity index (χ0n) is 16.4. The van der Waals surface area contributed by atoms with Crippen LogP contribution in [0.3, 0.4) is 0 Å². The average molecular weight is 373 g/mol. The Morgan fingerprint density at radius 1 is 1.22 bits per heavy atom. The third kappa shape index (κ3) is 4.00. The molecule has 1 N–H and O–H groups in total. The van der Waals surface area contributed by atoms with Crippen LogP contribution >= 0.6 is 0 Å². The summed E-state index contributed by atoms with van der Waals surface area (Å²) in [5, 5.41) is 3.83. The molecule has 1 aromatic heterocycles. The zero-order chi connectivity index (χ0) is 19.7. The predicted molar refractivity (Wildman–Crippen MR) is 103 cm³/mol. The Labute approximate surface area is 158 Å². The lowest BCUT2D eigenvalue weighted by Crippen LogP contribution is -2.58. The Hall–Kier alpha value is -2.34. The number of nitrogens with one attached hydrogen (secondary N) is 1. The van der Waals surface area contributed by atoms with Crippen LogP contribution in [0.5, 0.6) is 5.75 Å². The molecular weight excluding hydrogens is 346 g/mol. The minimum atomic E-state index is -0.612. The molecule has 1 amide bonds. The largest absolute Gasteiger partial charge is 0.463 e. The quantitative estimate of drug-likeness (QED) is 0.831. The van der Waals surface area contributed by atoms with E-state index in [2.05, 4.69) is 26.1 Å². The number of amides is 1. The molecule has 0 radical (unpaired) electrons. The molecule has 3 rings (SSSR count). The molecule has 1 aliphatic heterocycles. The van der Waals surface area contributed by atoms with E-state index in [0.717, 1.165) is 17.4 Å². The maximum absolute atomic E-state index is 11.7.